The van der Waals surface area contributed by atoms with E-state index in [1.807, 2.05) is 0 Å². The predicted molar refractivity (Wildman–Crippen MR) is 145 cm³/mol. The minimum atomic E-state index is -1.76. The molecular weight excluding hydrogens is 592 g/mol. The van der Waals surface area contributed by atoms with E-state index in [4.69, 9.17) is 28.1 Å². The Bertz CT molecular complexity index is 1560. The summed E-state index contributed by atoms with van der Waals surface area (Å²) in [5, 5.41) is 91.7. The van der Waals surface area contributed by atoms with E-state index < -0.39 is 84.9 Å². The van der Waals surface area contributed by atoms with Crippen LogP contribution in [-0.2, 0) is 14.2 Å². The van der Waals surface area contributed by atoms with Crippen molar-refractivity contribution in [3.05, 3.63) is 40.6 Å². The summed E-state index contributed by atoms with van der Waals surface area (Å²) in [7, 11) is 1.27. The first-order chi connectivity index (χ1) is 20.9. The largest absolute Gasteiger partial charge is 0.508 e. The van der Waals surface area contributed by atoms with Crippen LogP contribution in [0.25, 0.3) is 22.3 Å². The van der Waals surface area contributed by atoms with Gasteiger partial charge in [-0.25, -0.2) is 0 Å². The van der Waals surface area contributed by atoms with Crippen LogP contribution in [0, 0.1) is 0 Å². The average Bonchev–Trinajstić information content (AvgIpc) is 2.99. The first-order valence-electron chi connectivity index (χ1n) is 13.4. The number of fused-ring (bicyclic) bond motifs is 1. The number of aliphatic hydroxyl groups is 6. The highest BCUT2D eigenvalue weighted by Crippen LogP contribution is 2.40. The van der Waals surface area contributed by atoms with Crippen LogP contribution in [0.4, 0.5) is 0 Å². The summed E-state index contributed by atoms with van der Waals surface area (Å²) in [4.78, 5) is 12.8. The summed E-state index contributed by atoms with van der Waals surface area (Å²) in [6.45, 7) is 0.693. The maximum atomic E-state index is 12.8. The minimum absolute atomic E-state index is 0.0203. The number of benzene rings is 2. The second kappa shape index (κ2) is 12.4. The molecule has 9 N–H and O–H groups in total. The van der Waals surface area contributed by atoms with E-state index in [1.165, 1.54) is 32.2 Å². The Labute approximate surface area is 248 Å². The van der Waals surface area contributed by atoms with Crippen molar-refractivity contribution in [2.75, 3.05) is 13.7 Å². The molecule has 44 heavy (non-hydrogen) atoms. The smallest absolute Gasteiger partial charge is 0.238 e. The Kier molecular flexibility index (Phi) is 8.90. The molecule has 2 fully saturated rings. The predicted octanol–water partition coefficient (Wildman–Crippen LogP) is -1.38. The lowest BCUT2D eigenvalue weighted by Gasteiger charge is -2.45. The van der Waals surface area contributed by atoms with Gasteiger partial charge in [0.1, 0.15) is 59.1 Å². The normalized spacial score (nSPS) is 32.5. The number of rotatable bonds is 7. The van der Waals surface area contributed by atoms with Crippen molar-refractivity contribution in [1.82, 2.24) is 0 Å². The zero-order chi connectivity index (χ0) is 32.0. The third-order valence-electron chi connectivity index (χ3n) is 7.53. The van der Waals surface area contributed by atoms with Crippen molar-refractivity contribution >= 4 is 11.0 Å². The highest BCUT2D eigenvalue weighted by Gasteiger charge is 2.51. The quantitative estimate of drug-likeness (QED) is 0.147. The number of methoxy groups -OCH3 is 1. The van der Waals surface area contributed by atoms with Crippen LogP contribution < -0.4 is 14.9 Å². The molecule has 16 heteroatoms. The maximum Gasteiger partial charge on any atom is 0.238 e. The first kappa shape index (κ1) is 31.7. The molecule has 0 amide bonds. The fourth-order valence-corrected chi connectivity index (χ4v) is 5.08. The van der Waals surface area contributed by atoms with Gasteiger partial charge < -0.3 is 74.1 Å². The molecule has 2 aliphatic rings. The average molecular weight is 625 g/mol. The number of aliphatic hydroxyl groups excluding tert-OH is 6. The van der Waals surface area contributed by atoms with E-state index in [0.717, 1.165) is 12.1 Å². The molecular formula is C28H32O16. The summed E-state index contributed by atoms with van der Waals surface area (Å²) in [6, 6.07) is 5.98. The first-order valence-corrected chi connectivity index (χ1v) is 13.4. The Morgan fingerprint density at radius 2 is 1.57 bits per heavy atom. The zero-order valence-electron chi connectivity index (χ0n) is 23.3. The van der Waals surface area contributed by atoms with Gasteiger partial charge >= 0.3 is 0 Å². The Hall–Kier alpha value is -3.71. The van der Waals surface area contributed by atoms with E-state index >= 15 is 0 Å². The lowest BCUT2D eigenvalue weighted by molar-refractivity contribution is -0.354. The van der Waals surface area contributed by atoms with Crippen molar-refractivity contribution in [2.24, 2.45) is 0 Å². The van der Waals surface area contributed by atoms with Crippen LogP contribution in [0.3, 0.4) is 0 Å². The lowest BCUT2D eigenvalue weighted by Crippen LogP contribution is -2.64. The van der Waals surface area contributed by atoms with Crippen LogP contribution >= 0.6 is 0 Å². The topological polar surface area (TPSA) is 258 Å². The van der Waals surface area contributed by atoms with Gasteiger partial charge in [-0.1, -0.05) is 0 Å². The molecule has 5 rings (SSSR count). The molecule has 16 nitrogen and oxygen atoms in total. The summed E-state index contributed by atoms with van der Waals surface area (Å²) < 4.78 is 33.7. The highest BCUT2D eigenvalue weighted by molar-refractivity contribution is 5.88. The second-order valence-electron chi connectivity index (χ2n) is 10.4. The fourth-order valence-electron chi connectivity index (χ4n) is 5.08. The molecule has 0 saturated carbocycles. The number of aromatic hydroxyl groups is 3. The van der Waals surface area contributed by atoms with Crippen molar-refractivity contribution < 1.29 is 74.1 Å². The van der Waals surface area contributed by atoms with Crippen molar-refractivity contribution in [3.8, 4) is 40.1 Å². The number of ether oxygens (including phenoxy) is 5. The van der Waals surface area contributed by atoms with E-state index in [2.05, 4.69) is 0 Å². The Morgan fingerprint density at radius 3 is 2.25 bits per heavy atom. The summed E-state index contributed by atoms with van der Waals surface area (Å²) in [5.41, 5.74) is -1.07. The van der Waals surface area contributed by atoms with Gasteiger partial charge in [0.2, 0.25) is 17.5 Å². The van der Waals surface area contributed by atoms with Gasteiger partial charge in [-0.3, -0.25) is 4.79 Å². The molecule has 0 aliphatic carbocycles. The molecule has 2 aromatic carbocycles. The molecule has 0 bridgehead atoms. The minimum Gasteiger partial charge on any atom is -0.508 e. The molecule has 2 aliphatic heterocycles. The molecule has 10 atom stereocenters. The molecule has 2 saturated heterocycles. The van der Waals surface area contributed by atoms with Crippen molar-refractivity contribution in [1.29, 1.82) is 0 Å². The summed E-state index contributed by atoms with van der Waals surface area (Å²) in [5.74, 6) is -2.23. The zero-order valence-corrected chi connectivity index (χ0v) is 23.3. The lowest BCUT2D eigenvalue weighted by atomic mass is 9.97. The molecule has 0 unspecified atom stereocenters. The Balaban J connectivity index is 1.47. The maximum absolute atomic E-state index is 12.8. The molecule has 1 aromatic heterocycles. The summed E-state index contributed by atoms with van der Waals surface area (Å²) in [6.07, 6.45) is -15.4. The molecule has 0 spiro atoms. The molecule has 240 valence electrons. The molecule has 0 radical (unpaired) electrons. The van der Waals surface area contributed by atoms with Gasteiger partial charge in [0.15, 0.2) is 29.7 Å². The number of phenolic OH excluding ortho intramolecular Hbond substituents is 2. The molecule has 3 heterocycles. The Morgan fingerprint density at radius 1 is 0.841 bits per heavy atom. The number of hydrogen-bond acceptors (Lipinski definition) is 16. The van der Waals surface area contributed by atoms with Crippen LogP contribution in [0.15, 0.2) is 39.5 Å². The van der Waals surface area contributed by atoms with Gasteiger partial charge in [0.05, 0.1) is 19.8 Å². The van der Waals surface area contributed by atoms with Crippen molar-refractivity contribution in [2.45, 2.75) is 68.3 Å². The van der Waals surface area contributed by atoms with Gasteiger partial charge in [0, 0.05) is 17.7 Å². The van der Waals surface area contributed by atoms with Crippen LogP contribution in [-0.4, -0.2) is 121 Å². The van der Waals surface area contributed by atoms with Gasteiger partial charge in [-0.05, 0) is 25.1 Å². The number of phenols is 2. The van der Waals surface area contributed by atoms with E-state index in [0.29, 0.717) is 0 Å². The standard InChI is InChI=1S/C28H32O16/c1-9-18(32)21(35)24(38)27(40-9)44-26-22(36)19(33)16(8-29)43-28(26)42-13-4-3-10(5-14(13)39-2)25-23(37)20(34)17-12(31)6-11(30)7-15(17)41-25/h3-7,9,16,18-19,21-22,24,26-33,35-38H,8H2,1-2H3/t9-,16-,18-,19-,21-,22-,24-,26-,27-,28+/m0/s1. The van der Waals surface area contributed by atoms with E-state index in [1.54, 1.807) is 0 Å². The van der Waals surface area contributed by atoms with Crippen molar-refractivity contribution in [3.63, 3.8) is 0 Å². The fraction of sp³-hybridized carbons (Fsp3) is 0.464. The third-order valence-corrected chi connectivity index (χ3v) is 7.53. The van der Waals surface area contributed by atoms with Crippen LogP contribution in [0.1, 0.15) is 6.92 Å². The van der Waals surface area contributed by atoms with Gasteiger partial charge in [-0.2, -0.15) is 0 Å². The van der Waals surface area contributed by atoms with E-state index in [-0.39, 0.29) is 39.5 Å². The monoisotopic (exact) mass is 624 g/mol. The van der Waals surface area contributed by atoms with Crippen LogP contribution in [0.2, 0.25) is 0 Å². The second-order valence-corrected chi connectivity index (χ2v) is 10.4. The third kappa shape index (κ3) is 5.63. The van der Waals surface area contributed by atoms with Crippen LogP contribution in [0.5, 0.6) is 28.7 Å². The van der Waals surface area contributed by atoms with Gasteiger partial charge in [0.25, 0.3) is 0 Å². The SMILES string of the molecule is COc1cc(-c2oc3cc(O)cc(O)c3c(=O)c2O)ccc1O[C@@H]1O[C@@H](CO)[C@H](O)[C@H](O)[C@@H]1O[C@@H]1O[C@@H](C)[C@H](O)[C@H](O)[C@@H]1O. The highest BCUT2D eigenvalue weighted by atomic mass is 16.8. The number of hydrogen-bond donors (Lipinski definition) is 9. The van der Waals surface area contributed by atoms with Gasteiger partial charge in [-0.15, -0.1) is 0 Å². The van der Waals surface area contributed by atoms with E-state index in [9.17, 15) is 50.8 Å². The molecule has 3 aromatic rings. The summed E-state index contributed by atoms with van der Waals surface area (Å²) >= 11 is 0.